The molecule has 1 heterocycles. The third-order valence-corrected chi connectivity index (χ3v) is 4.88. The van der Waals surface area contributed by atoms with Crippen LogP contribution in [0.1, 0.15) is 26.2 Å². The van der Waals surface area contributed by atoms with Crippen LogP contribution >= 0.6 is 0 Å². The normalized spacial score (nSPS) is 17.6. The molecular weight excluding hydrogens is 264 g/mol. The number of aromatic nitrogens is 2. The van der Waals surface area contributed by atoms with Gasteiger partial charge in [0.05, 0.1) is 6.20 Å². The molecule has 7 heteroatoms. The summed E-state index contributed by atoms with van der Waals surface area (Å²) < 4.78 is 28.5. The van der Waals surface area contributed by atoms with Gasteiger partial charge in [0.15, 0.2) is 0 Å². The van der Waals surface area contributed by atoms with Crippen molar-refractivity contribution in [2.75, 3.05) is 20.1 Å². The molecule has 6 nitrogen and oxygen atoms in total. The zero-order chi connectivity index (χ0) is 13.9. The zero-order valence-corrected chi connectivity index (χ0v) is 12.3. The van der Waals surface area contributed by atoms with Crippen LogP contribution in [0.2, 0.25) is 0 Å². The summed E-state index contributed by atoms with van der Waals surface area (Å²) in [6, 6.07) is 0. The van der Waals surface area contributed by atoms with Gasteiger partial charge in [-0.25, -0.2) is 13.1 Å². The lowest BCUT2D eigenvalue weighted by atomic mass is 10.2. The van der Waals surface area contributed by atoms with Crippen LogP contribution in [0, 0.1) is 5.41 Å². The van der Waals surface area contributed by atoms with E-state index in [1.807, 2.05) is 7.05 Å². The van der Waals surface area contributed by atoms with E-state index in [9.17, 15) is 8.42 Å². The Kier molecular flexibility index (Phi) is 4.27. The molecule has 19 heavy (non-hydrogen) atoms. The Hall–Kier alpha value is -0.920. The molecule has 1 aliphatic rings. The van der Waals surface area contributed by atoms with Crippen LogP contribution in [0.5, 0.6) is 0 Å². The second-order valence-electron chi connectivity index (χ2n) is 5.53. The van der Waals surface area contributed by atoms with Crippen molar-refractivity contribution in [3.05, 3.63) is 12.4 Å². The second-order valence-corrected chi connectivity index (χ2v) is 7.30. The molecule has 0 amide bonds. The Morgan fingerprint density at radius 2 is 2.21 bits per heavy atom. The van der Waals surface area contributed by atoms with Gasteiger partial charge >= 0.3 is 0 Å². The first kappa shape index (κ1) is 14.5. The van der Waals surface area contributed by atoms with E-state index in [0.717, 1.165) is 25.8 Å². The van der Waals surface area contributed by atoms with E-state index in [1.165, 1.54) is 6.20 Å². The third kappa shape index (κ3) is 4.02. The maximum absolute atomic E-state index is 12.1. The second kappa shape index (κ2) is 5.60. The predicted molar refractivity (Wildman–Crippen MR) is 73.3 cm³/mol. The minimum atomic E-state index is -3.41. The van der Waals surface area contributed by atoms with Gasteiger partial charge in [-0.05, 0) is 38.3 Å². The van der Waals surface area contributed by atoms with Crippen molar-refractivity contribution >= 4 is 10.0 Å². The van der Waals surface area contributed by atoms with Crippen LogP contribution < -0.4 is 10.0 Å². The molecule has 1 saturated carbocycles. The van der Waals surface area contributed by atoms with Crippen molar-refractivity contribution in [3.8, 4) is 0 Å². The largest absolute Gasteiger partial charge is 0.320 e. The van der Waals surface area contributed by atoms with Crippen molar-refractivity contribution in [2.45, 2.75) is 37.6 Å². The molecule has 0 radical (unpaired) electrons. The first-order chi connectivity index (χ1) is 8.95. The van der Waals surface area contributed by atoms with Gasteiger partial charge in [-0.3, -0.25) is 4.68 Å². The Labute approximate surface area is 114 Å². The Morgan fingerprint density at radius 1 is 1.47 bits per heavy atom. The first-order valence-electron chi connectivity index (χ1n) is 6.62. The number of sulfonamides is 1. The van der Waals surface area contributed by atoms with Gasteiger partial charge < -0.3 is 5.32 Å². The highest BCUT2D eigenvalue weighted by Crippen LogP contribution is 2.44. The van der Waals surface area contributed by atoms with E-state index in [0.29, 0.717) is 13.1 Å². The molecule has 2 N–H and O–H groups in total. The van der Waals surface area contributed by atoms with Crippen molar-refractivity contribution in [1.82, 2.24) is 19.8 Å². The minimum absolute atomic E-state index is 0.163. The SMILES string of the molecule is CNCCCn1cc(S(=O)(=O)NCC2(C)CC2)cn1. The van der Waals surface area contributed by atoms with Crippen LogP contribution in [0.3, 0.4) is 0 Å². The van der Waals surface area contributed by atoms with Crippen molar-refractivity contribution in [2.24, 2.45) is 5.41 Å². The molecule has 0 saturated heterocycles. The van der Waals surface area contributed by atoms with E-state index < -0.39 is 10.0 Å². The quantitative estimate of drug-likeness (QED) is 0.685. The Morgan fingerprint density at radius 3 is 2.84 bits per heavy atom. The zero-order valence-electron chi connectivity index (χ0n) is 11.5. The minimum Gasteiger partial charge on any atom is -0.320 e. The van der Waals surface area contributed by atoms with E-state index in [-0.39, 0.29) is 10.3 Å². The fourth-order valence-corrected chi connectivity index (χ4v) is 2.92. The highest BCUT2D eigenvalue weighted by atomic mass is 32.2. The predicted octanol–water partition coefficient (Wildman–Crippen LogP) is 0.571. The van der Waals surface area contributed by atoms with Gasteiger partial charge in [-0.1, -0.05) is 6.92 Å². The first-order valence-corrected chi connectivity index (χ1v) is 8.10. The fourth-order valence-electron chi connectivity index (χ4n) is 1.77. The molecule has 0 aliphatic heterocycles. The third-order valence-electron chi connectivity index (χ3n) is 3.53. The molecule has 1 aromatic heterocycles. The molecule has 1 aliphatic carbocycles. The summed E-state index contributed by atoms with van der Waals surface area (Å²) in [6.07, 6.45) is 6.12. The van der Waals surface area contributed by atoms with Crippen molar-refractivity contribution in [3.63, 3.8) is 0 Å². The average molecular weight is 286 g/mol. The molecule has 0 aromatic carbocycles. The maximum Gasteiger partial charge on any atom is 0.243 e. The van der Waals surface area contributed by atoms with Crippen LogP contribution in [-0.4, -0.2) is 38.3 Å². The van der Waals surface area contributed by atoms with Gasteiger partial charge in [0, 0.05) is 19.3 Å². The van der Waals surface area contributed by atoms with Gasteiger partial charge in [-0.2, -0.15) is 5.10 Å². The van der Waals surface area contributed by atoms with E-state index in [2.05, 4.69) is 22.1 Å². The smallest absolute Gasteiger partial charge is 0.243 e. The Bertz CT molecular complexity index is 520. The number of nitrogens with one attached hydrogen (secondary N) is 2. The topological polar surface area (TPSA) is 76.0 Å². The maximum atomic E-state index is 12.1. The summed E-state index contributed by atoms with van der Waals surface area (Å²) in [4.78, 5) is 0.251. The summed E-state index contributed by atoms with van der Waals surface area (Å²) in [5.41, 5.74) is 0.163. The number of aryl methyl sites for hydroxylation is 1. The molecule has 1 fully saturated rings. The van der Waals surface area contributed by atoms with Crippen LogP contribution in [0.25, 0.3) is 0 Å². The average Bonchev–Trinajstić information content (AvgIpc) is 2.91. The lowest BCUT2D eigenvalue weighted by Gasteiger charge is -2.09. The number of nitrogens with zero attached hydrogens (tertiary/aromatic N) is 2. The number of hydrogen-bond acceptors (Lipinski definition) is 4. The lowest BCUT2D eigenvalue weighted by molar-refractivity contribution is 0.530. The van der Waals surface area contributed by atoms with E-state index in [4.69, 9.17) is 0 Å². The molecule has 0 atom stereocenters. The van der Waals surface area contributed by atoms with Crippen LogP contribution in [-0.2, 0) is 16.6 Å². The van der Waals surface area contributed by atoms with Gasteiger partial charge in [0.1, 0.15) is 4.90 Å². The van der Waals surface area contributed by atoms with Gasteiger partial charge in [0.2, 0.25) is 10.0 Å². The highest BCUT2D eigenvalue weighted by Gasteiger charge is 2.38. The van der Waals surface area contributed by atoms with Crippen LogP contribution in [0.4, 0.5) is 0 Å². The van der Waals surface area contributed by atoms with Crippen LogP contribution in [0.15, 0.2) is 17.3 Å². The molecule has 2 rings (SSSR count). The lowest BCUT2D eigenvalue weighted by Crippen LogP contribution is -2.28. The molecule has 108 valence electrons. The monoisotopic (exact) mass is 286 g/mol. The molecular formula is C12H22N4O2S. The standard InChI is InChI=1S/C12H22N4O2S/c1-12(4-5-12)10-15-19(17,18)11-8-14-16(9-11)7-3-6-13-2/h8-9,13,15H,3-7,10H2,1-2H3. The number of hydrogen-bond donors (Lipinski definition) is 2. The highest BCUT2D eigenvalue weighted by molar-refractivity contribution is 7.89. The molecule has 1 aromatic rings. The summed E-state index contributed by atoms with van der Waals surface area (Å²) >= 11 is 0. The van der Waals surface area contributed by atoms with Gasteiger partial charge in [0.25, 0.3) is 0 Å². The summed E-state index contributed by atoms with van der Waals surface area (Å²) in [5, 5.41) is 7.13. The summed E-state index contributed by atoms with van der Waals surface area (Å²) in [7, 11) is -1.52. The van der Waals surface area contributed by atoms with Gasteiger partial charge in [-0.15, -0.1) is 0 Å². The van der Waals surface area contributed by atoms with E-state index in [1.54, 1.807) is 10.9 Å². The van der Waals surface area contributed by atoms with Crippen molar-refractivity contribution < 1.29 is 8.42 Å². The number of rotatable bonds is 8. The van der Waals surface area contributed by atoms with Crippen molar-refractivity contribution in [1.29, 1.82) is 0 Å². The summed E-state index contributed by atoms with van der Waals surface area (Å²) in [5.74, 6) is 0. The van der Waals surface area contributed by atoms with E-state index >= 15 is 0 Å². The fraction of sp³-hybridized carbons (Fsp3) is 0.750. The molecule has 0 bridgehead atoms. The molecule has 0 unspecified atom stereocenters. The summed E-state index contributed by atoms with van der Waals surface area (Å²) in [6.45, 7) is 4.21. The Balaban J connectivity index is 1.92. The molecule has 0 spiro atoms.